The zero-order valence-corrected chi connectivity index (χ0v) is 16.0. The molecule has 0 aliphatic rings. The summed E-state index contributed by atoms with van der Waals surface area (Å²) < 4.78 is 67.1. The largest absolute Gasteiger partial charge is 0.606 e. The number of hydrogen-bond donors (Lipinski definition) is 0. The van der Waals surface area contributed by atoms with Gasteiger partial charge in [-0.3, -0.25) is 0 Å². The summed E-state index contributed by atoms with van der Waals surface area (Å²) in [5.41, 5.74) is -0.943. The van der Waals surface area contributed by atoms with Crippen molar-refractivity contribution < 1.29 is 36.7 Å². The SMILES string of the molecule is COCCOC(=O)C(C)Oc1ccc([S+]([O-])c2ccccc2C(F)(F)F)cc1. The van der Waals surface area contributed by atoms with Gasteiger partial charge in [0.1, 0.15) is 17.9 Å². The van der Waals surface area contributed by atoms with Crippen LogP contribution in [0.5, 0.6) is 5.75 Å². The van der Waals surface area contributed by atoms with Crippen LogP contribution in [-0.2, 0) is 31.6 Å². The van der Waals surface area contributed by atoms with E-state index in [4.69, 9.17) is 14.2 Å². The lowest BCUT2D eigenvalue weighted by Crippen LogP contribution is -2.27. The number of halogens is 3. The molecule has 2 rings (SSSR count). The fourth-order valence-electron chi connectivity index (χ4n) is 2.23. The van der Waals surface area contributed by atoms with Crippen LogP contribution in [0.2, 0.25) is 0 Å². The molecule has 0 spiro atoms. The van der Waals surface area contributed by atoms with Crippen molar-refractivity contribution in [2.75, 3.05) is 20.3 Å². The number of rotatable bonds is 8. The molecule has 0 aromatic heterocycles. The van der Waals surface area contributed by atoms with Gasteiger partial charge in [0.25, 0.3) is 0 Å². The molecule has 9 heteroatoms. The van der Waals surface area contributed by atoms with Gasteiger partial charge < -0.3 is 18.8 Å². The second kappa shape index (κ2) is 9.81. The number of carbonyl (C=O) groups excluding carboxylic acids is 1. The number of benzene rings is 2. The summed E-state index contributed by atoms with van der Waals surface area (Å²) in [5.74, 6) is -0.287. The van der Waals surface area contributed by atoms with Crippen molar-refractivity contribution in [2.45, 2.75) is 29.0 Å². The van der Waals surface area contributed by atoms with E-state index in [2.05, 4.69) is 0 Å². The Kier molecular flexibility index (Phi) is 7.73. The predicted molar refractivity (Wildman–Crippen MR) is 95.5 cm³/mol. The van der Waals surface area contributed by atoms with E-state index in [1.54, 1.807) is 0 Å². The standard InChI is InChI=1S/C19H19F3O5S/c1-13(18(23)26-12-11-25-2)27-14-7-9-15(10-8-14)28(24)17-6-4-3-5-16(17)19(20,21)22/h3-10,13H,11-12H2,1-2H3. The molecule has 2 aromatic carbocycles. The van der Waals surface area contributed by atoms with Gasteiger partial charge in [-0.15, -0.1) is 0 Å². The molecule has 2 unspecified atom stereocenters. The molecule has 0 bridgehead atoms. The first-order valence-electron chi connectivity index (χ1n) is 8.24. The smallest absolute Gasteiger partial charge is 0.421 e. The van der Waals surface area contributed by atoms with Crippen molar-refractivity contribution in [1.82, 2.24) is 0 Å². The van der Waals surface area contributed by atoms with Gasteiger partial charge in [-0.1, -0.05) is 12.1 Å². The van der Waals surface area contributed by atoms with Crippen LogP contribution in [0.1, 0.15) is 12.5 Å². The lowest BCUT2D eigenvalue weighted by molar-refractivity contribution is -0.152. The Morgan fingerprint density at radius 2 is 1.75 bits per heavy atom. The third-order valence-electron chi connectivity index (χ3n) is 3.61. The number of methoxy groups -OCH3 is 1. The van der Waals surface area contributed by atoms with Crippen molar-refractivity contribution in [1.29, 1.82) is 0 Å². The topological polar surface area (TPSA) is 67.8 Å². The van der Waals surface area contributed by atoms with Crippen molar-refractivity contribution in [3.63, 3.8) is 0 Å². The Bertz CT molecular complexity index is 780. The van der Waals surface area contributed by atoms with Crippen molar-refractivity contribution >= 4 is 17.1 Å². The van der Waals surface area contributed by atoms with Gasteiger partial charge in [-0.25, -0.2) is 4.79 Å². The highest BCUT2D eigenvalue weighted by molar-refractivity contribution is 7.91. The Labute approximate surface area is 163 Å². The van der Waals surface area contributed by atoms with Crippen LogP contribution in [0.4, 0.5) is 13.2 Å². The molecule has 0 amide bonds. The summed E-state index contributed by atoms with van der Waals surface area (Å²) in [4.78, 5) is 11.6. The number of esters is 1. The van der Waals surface area contributed by atoms with E-state index in [-0.39, 0.29) is 23.0 Å². The molecule has 5 nitrogen and oxygen atoms in total. The zero-order valence-electron chi connectivity index (χ0n) is 15.2. The maximum atomic E-state index is 13.1. The van der Waals surface area contributed by atoms with Crippen molar-refractivity contribution in [2.24, 2.45) is 0 Å². The first-order valence-corrected chi connectivity index (χ1v) is 9.39. The number of ether oxygens (including phenoxy) is 3. The minimum absolute atomic E-state index is 0.0968. The summed E-state index contributed by atoms with van der Waals surface area (Å²) in [6.45, 7) is 1.86. The highest BCUT2D eigenvalue weighted by Gasteiger charge is 2.37. The van der Waals surface area contributed by atoms with Crippen LogP contribution in [-0.4, -0.2) is 36.9 Å². The van der Waals surface area contributed by atoms with Gasteiger partial charge in [0, 0.05) is 18.3 Å². The minimum atomic E-state index is -4.60. The van der Waals surface area contributed by atoms with Crippen LogP contribution in [0.25, 0.3) is 0 Å². The van der Waals surface area contributed by atoms with Gasteiger partial charge in [0.05, 0.1) is 6.61 Å². The predicted octanol–water partition coefficient (Wildman–Crippen LogP) is 3.83. The maximum absolute atomic E-state index is 13.1. The molecule has 0 fully saturated rings. The van der Waals surface area contributed by atoms with Gasteiger partial charge in [0.15, 0.2) is 15.9 Å². The van der Waals surface area contributed by atoms with Crippen LogP contribution in [0, 0.1) is 0 Å². The van der Waals surface area contributed by atoms with E-state index in [0.29, 0.717) is 5.75 Å². The van der Waals surface area contributed by atoms with E-state index < -0.39 is 35.0 Å². The summed E-state index contributed by atoms with van der Waals surface area (Å²) in [7, 11) is 1.48. The lowest BCUT2D eigenvalue weighted by atomic mass is 10.2. The maximum Gasteiger partial charge on any atom is 0.421 e. The molecular formula is C19H19F3O5S. The Morgan fingerprint density at radius 3 is 2.36 bits per heavy atom. The highest BCUT2D eigenvalue weighted by atomic mass is 32.2. The number of carbonyl (C=O) groups is 1. The second-order valence-corrected chi connectivity index (χ2v) is 7.10. The second-order valence-electron chi connectivity index (χ2n) is 5.65. The molecule has 0 saturated heterocycles. The molecule has 2 atom stereocenters. The first-order chi connectivity index (χ1) is 13.2. The van der Waals surface area contributed by atoms with E-state index >= 15 is 0 Å². The summed E-state index contributed by atoms with van der Waals surface area (Å²) in [6, 6.07) is 10.4. The third kappa shape index (κ3) is 5.88. The summed E-state index contributed by atoms with van der Waals surface area (Å²) in [6.07, 6.45) is -5.49. The minimum Gasteiger partial charge on any atom is -0.606 e. The quantitative estimate of drug-likeness (QED) is 0.372. The van der Waals surface area contributed by atoms with Gasteiger partial charge >= 0.3 is 12.1 Å². The van der Waals surface area contributed by atoms with Gasteiger partial charge in [-0.05, 0) is 43.3 Å². The molecule has 0 radical (unpaired) electrons. The molecule has 0 heterocycles. The average molecular weight is 416 g/mol. The molecular weight excluding hydrogens is 397 g/mol. The fourth-order valence-corrected chi connectivity index (χ4v) is 3.45. The molecule has 0 aliphatic carbocycles. The average Bonchev–Trinajstić information content (AvgIpc) is 2.67. The number of hydrogen-bond acceptors (Lipinski definition) is 5. The van der Waals surface area contributed by atoms with Crippen LogP contribution < -0.4 is 4.74 Å². The summed E-state index contributed by atoms with van der Waals surface area (Å²) >= 11 is -2.02. The Balaban J connectivity index is 2.08. The van der Waals surface area contributed by atoms with E-state index in [9.17, 15) is 22.5 Å². The molecule has 152 valence electrons. The zero-order chi connectivity index (χ0) is 20.7. The Hall–Kier alpha value is -2.23. The van der Waals surface area contributed by atoms with E-state index in [1.165, 1.54) is 56.5 Å². The highest BCUT2D eigenvalue weighted by Crippen LogP contribution is 2.36. The lowest BCUT2D eigenvalue weighted by Gasteiger charge is -2.16. The summed E-state index contributed by atoms with van der Waals surface area (Å²) in [5, 5.41) is 0. The van der Waals surface area contributed by atoms with Crippen LogP contribution in [0.15, 0.2) is 58.3 Å². The normalized spacial score (nSPS) is 13.6. The fraction of sp³-hybridized carbons (Fsp3) is 0.316. The number of alkyl halides is 3. The van der Waals surface area contributed by atoms with Crippen molar-refractivity contribution in [3.8, 4) is 5.75 Å². The van der Waals surface area contributed by atoms with E-state index in [1.807, 2.05) is 0 Å². The molecule has 0 aliphatic heterocycles. The molecule has 2 aromatic rings. The van der Waals surface area contributed by atoms with Crippen LogP contribution >= 0.6 is 0 Å². The van der Waals surface area contributed by atoms with Gasteiger partial charge in [0.2, 0.25) is 0 Å². The third-order valence-corrected chi connectivity index (χ3v) is 5.06. The Morgan fingerprint density at radius 1 is 1.11 bits per heavy atom. The first kappa shape index (κ1) is 22.1. The van der Waals surface area contributed by atoms with E-state index in [0.717, 1.165) is 6.07 Å². The van der Waals surface area contributed by atoms with Crippen molar-refractivity contribution in [3.05, 3.63) is 54.1 Å². The molecule has 0 saturated carbocycles. The monoisotopic (exact) mass is 416 g/mol. The van der Waals surface area contributed by atoms with Crippen LogP contribution in [0.3, 0.4) is 0 Å². The van der Waals surface area contributed by atoms with Gasteiger partial charge in [-0.2, -0.15) is 13.2 Å². The molecule has 0 N–H and O–H groups in total. The molecule has 28 heavy (non-hydrogen) atoms.